The van der Waals surface area contributed by atoms with Crippen LogP contribution in [0.15, 0.2) is 47.5 Å². The number of guanidine groups is 1. The van der Waals surface area contributed by atoms with E-state index in [1.807, 2.05) is 37.3 Å². The average molecular weight is 421 g/mol. The van der Waals surface area contributed by atoms with Gasteiger partial charge in [-0.3, -0.25) is 0 Å². The third-order valence-corrected chi connectivity index (χ3v) is 4.34. The summed E-state index contributed by atoms with van der Waals surface area (Å²) < 4.78 is 40.7. The van der Waals surface area contributed by atoms with Crippen molar-refractivity contribution in [2.75, 3.05) is 19.9 Å². The molecule has 0 aliphatic carbocycles. The Morgan fingerprint density at radius 1 is 1.17 bits per heavy atom. The highest BCUT2D eigenvalue weighted by Crippen LogP contribution is 2.39. The summed E-state index contributed by atoms with van der Waals surface area (Å²) in [5.74, 6) is 1.24. The number of fused-ring (bicyclic) bond motifs is 1. The van der Waals surface area contributed by atoms with Crippen molar-refractivity contribution in [3.63, 3.8) is 0 Å². The predicted octanol–water partition coefficient (Wildman–Crippen LogP) is 2.68. The topological polar surface area (TPSA) is 84.3 Å². The maximum absolute atomic E-state index is 12.8. The van der Waals surface area contributed by atoms with Crippen LogP contribution in [0.4, 0.5) is 8.78 Å². The minimum absolute atomic E-state index is 0.0158. The van der Waals surface area contributed by atoms with Gasteiger partial charge in [0.05, 0.1) is 12.6 Å². The van der Waals surface area contributed by atoms with Crippen LogP contribution in [-0.4, -0.2) is 43.7 Å². The number of hydrogen-bond donors (Lipinski definition) is 3. The van der Waals surface area contributed by atoms with Gasteiger partial charge in [-0.2, -0.15) is 8.78 Å². The summed E-state index contributed by atoms with van der Waals surface area (Å²) >= 11 is 0. The third kappa shape index (κ3) is 6.21. The molecule has 2 aromatic rings. The van der Waals surface area contributed by atoms with E-state index in [9.17, 15) is 13.9 Å². The maximum Gasteiger partial charge on any atom is 0.387 e. The molecule has 0 saturated carbocycles. The summed E-state index contributed by atoms with van der Waals surface area (Å²) in [5, 5.41) is 16.4. The Hall–Kier alpha value is -3.07. The first-order valence-corrected chi connectivity index (χ1v) is 9.66. The second-order valence-electron chi connectivity index (χ2n) is 6.61. The highest BCUT2D eigenvalue weighted by molar-refractivity contribution is 5.79. The van der Waals surface area contributed by atoms with Gasteiger partial charge in [-0.05, 0) is 18.6 Å². The quantitative estimate of drug-likeness (QED) is 0.427. The Morgan fingerprint density at radius 2 is 1.90 bits per heavy atom. The molecular weight excluding hydrogens is 396 g/mol. The molecule has 0 bridgehead atoms. The lowest BCUT2D eigenvalue weighted by atomic mass is 10.1. The Bertz CT molecular complexity index is 850. The molecule has 3 N–H and O–H groups in total. The molecule has 3 rings (SSSR count). The van der Waals surface area contributed by atoms with Crippen LogP contribution in [-0.2, 0) is 13.0 Å². The fourth-order valence-electron chi connectivity index (χ4n) is 2.97. The number of halogens is 2. The number of benzene rings is 2. The van der Waals surface area contributed by atoms with Gasteiger partial charge >= 0.3 is 6.61 Å². The van der Waals surface area contributed by atoms with Crippen LogP contribution < -0.4 is 24.8 Å². The van der Waals surface area contributed by atoms with Gasteiger partial charge in [0.2, 0.25) is 6.79 Å². The number of hydrogen-bond acceptors (Lipinski definition) is 5. The summed E-state index contributed by atoms with van der Waals surface area (Å²) in [5.41, 5.74) is 1.46. The molecular formula is C21H25F2N3O4. The molecule has 162 valence electrons. The summed E-state index contributed by atoms with van der Waals surface area (Å²) in [6.45, 7) is -0.0799. The zero-order valence-electron chi connectivity index (χ0n) is 16.6. The molecule has 1 aliphatic heterocycles. The summed E-state index contributed by atoms with van der Waals surface area (Å²) in [6.07, 6.45) is -0.110. The minimum Gasteiger partial charge on any atom is -0.454 e. The van der Waals surface area contributed by atoms with Gasteiger partial charge in [0.15, 0.2) is 17.5 Å². The van der Waals surface area contributed by atoms with Gasteiger partial charge in [-0.25, -0.2) is 4.99 Å². The molecule has 0 spiro atoms. The zero-order chi connectivity index (χ0) is 21.3. The molecule has 1 atom stereocenters. The zero-order valence-corrected chi connectivity index (χ0v) is 16.6. The van der Waals surface area contributed by atoms with Gasteiger partial charge in [0.25, 0.3) is 0 Å². The molecule has 0 radical (unpaired) electrons. The van der Waals surface area contributed by atoms with Crippen LogP contribution in [0, 0.1) is 0 Å². The predicted molar refractivity (Wildman–Crippen MR) is 108 cm³/mol. The second-order valence-corrected chi connectivity index (χ2v) is 6.61. The summed E-state index contributed by atoms with van der Waals surface area (Å²) in [4.78, 5) is 4.42. The van der Waals surface area contributed by atoms with Crippen molar-refractivity contribution in [1.29, 1.82) is 0 Å². The number of aliphatic imine (C=N–C) groups is 1. The Balaban J connectivity index is 1.65. The van der Waals surface area contributed by atoms with Crippen molar-refractivity contribution in [2.45, 2.75) is 32.6 Å². The van der Waals surface area contributed by atoms with E-state index in [1.54, 1.807) is 6.07 Å². The van der Waals surface area contributed by atoms with Crippen LogP contribution in [0.3, 0.4) is 0 Å². The molecule has 1 aliphatic rings. The van der Waals surface area contributed by atoms with E-state index in [-0.39, 0.29) is 25.6 Å². The first-order chi connectivity index (χ1) is 14.5. The number of nitrogens with one attached hydrogen (secondary N) is 2. The standard InChI is InChI=1S/C21H25F2N3O4/c1-2-24-21(26-12-16(27)8-14-6-4-3-5-7-14)25-11-15-9-18-19(29-13-28-18)10-17(15)30-20(22)23/h3-7,9-10,16,20,27H,2,8,11-13H2,1H3,(H2,24,25,26). The first kappa shape index (κ1) is 21.6. The number of alkyl halides is 2. The Kier molecular flexibility index (Phi) is 7.67. The van der Waals surface area contributed by atoms with Crippen molar-refractivity contribution < 1.29 is 28.1 Å². The second kappa shape index (κ2) is 10.6. The fourth-order valence-corrected chi connectivity index (χ4v) is 2.97. The van der Waals surface area contributed by atoms with Crippen molar-refractivity contribution in [3.05, 3.63) is 53.6 Å². The lowest BCUT2D eigenvalue weighted by Crippen LogP contribution is -2.41. The van der Waals surface area contributed by atoms with Crippen molar-refractivity contribution >= 4 is 5.96 Å². The first-order valence-electron chi connectivity index (χ1n) is 9.66. The van der Waals surface area contributed by atoms with Crippen LogP contribution in [0.2, 0.25) is 0 Å². The Labute approximate surface area is 173 Å². The minimum atomic E-state index is -2.97. The number of aliphatic hydroxyl groups is 1. The third-order valence-electron chi connectivity index (χ3n) is 4.34. The van der Waals surface area contributed by atoms with Gasteiger partial charge in [-0.15, -0.1) is 0 Å². The van der Waals surface area contributed by atoms with Gasteiger partial charge < -0.3 is 30.0 Å². The molecule has 1 unspecified atom stereocenters. The molecule has 30 heavy (non-hydrogen) atoms. The van der Waals surface area contributed by atoms with Crippen LogP contribution in [0.1, 0.15) is 18.1 Å². The average Bonchev–Trinajstić information content (AvgIpc) is 3.17. The normalized spacial score (nSPS) is 14.0. The van der Waals surface area contributed by atoms with Crippen LogP contribution in [0.25, 0.3) is 0 Å². The van der Waals surface area contributed by atoms with E-state index < -0.39 is 12.7 Å². The lowest BCUT2D eigenvalue weighted by molar-refractivity contribution is -0.0505. The highest BCUT2D eigenvalue weighted by Gasteiger charge is 2.20. The van der Waals surface area contributed by atoms with E-state index in [2.05, 4.69) is 20.4 Å². The van der Waals surface area contributed by atoms with E-state index in [0.717, 1.165) is 5.56 Å². The van der Waals surface area contributed by atoms with Gasteiger partial charge in [0.1, 0.15) is 5.75 Å². The van der Waals surface area contributed by atoms with E-state index >= 15 is 0 Å². The smallest absolute Gasteiger partial charge is 0.387 e. The lowest BCUT2D eigenvalue weighted by Gasteiger charge is -2.16. The van der Waals surface area contributed by atoms with Crippen LogP contribution in [0.5, 0.6) is 17.2 Å². The maximum atomic E-state index is 12.8. The molecule has 0 aromatic heterocycles. The monoisotopic (exact) mass is 421 g/mol. The van der Waals surface area contributed by atoms with E-state index in [4.69, 9.17) is 9.47 Å². The Morgan fingerprint density at radius 3 is 2.60 bits per heavy atom. The van der Waals surface area contributed by atoms with Crippen molar-refractivity contribution in [2.24, 2.45) is 4.99 Å². The molecule has 1 heterocycles. The number of ether oxygens (including phenoxy) is 3. The number of rotatable bonds is 9. The fraction of sp³-hybridized carbons (Fsp3) is 0.381. The summed E-state index contributed by atoms with van der Waals surface area (Å²) in [6, 6.07) is 12.6. The van der Waals surface area contributed by atoms with Crippen molar-refractivity contribution in [3.8, 4) is 17.2 Å². The van der Waals surface area contributed by atoms with Gasteiger partial charge in [0, 0.05) is 31.1 Å². The SMILES string of the molecule is CCNC(=NCc1cc2c(cc1OC(F)F)OCO2)NCC(O)Cc1ccccc1. The molecule has 2 aromatic carbocycles. The van der Waals surface area contributed by atoms with Crippen LogP contribution >= 0.6 is 0 Å². The number of aliphatic hydroxyl groups excluding tert-OH is 1. The molecule has 0 fully saturated rings. The molecule has 7 nitrogen and oxygen atoms in total. The highest BCUT2D eigenvalue weighted by atomic mass is 19.3. The largest absolute Gasteiger partial charge is 0.454 e. The van der Waals surface area contributed by atoms with Crippen molar-refractivity contribution in [1.82, 2.24) is 10.6 Å². The van der Waals surface area contributed by atoms with Gasteiger partial charge in [-0.1, -0.05) is 30.3 Å². The van der Waals surface area contributed by atoms with E-state index in [0.29, 0.717) is 36.0 Å². The number of nitrogens with zero attached hydrogens (tertiary/aromatic N) is 1. The van der Waals surface area contributed by atoms with E-state index in [1.165, 1.54) is 6.07 Å². The molecule has 0 amide bonds. The molecule has 9 heteroatoms. The summed E-state index contributed by atoms with van der Waals surface area (Å²) in [7, 11) is 0. The molecule has 0 saturated heterocycles.